The minimum absolute atomic E-state index is 0. The monoisotopic (exact) mass is 412 g/mol. The lowest BCUT2D eigenvalue weighted by atomic mass is 10.1. The maximum absolute atomic E-state index is 12.2. The molecule has 3 heterocycles. The van der Waals surface area contributed by atoms with Crippen LogP contribution in [0.1, 0.15) is 18.9 Å². The van der Waals surface area contributed by atoms with E-state index in [4.69, 9.17) is 0 Å². The first-order valence-electron chi connectivity index (χ1n) is 9.83. The minimum atomic E-state index is -0.408. The first-order valence-corrected chi connectivity index (χ1v) is 9.83. The standard InChI is InChI=1S/C21H24N6O3.2H2/c1-22-19(28)17-6-4-15(12-23-17)27-9-7-26(8-10-27)13-14-3-5-16-18(11-14)24-21(30)25(2)20(16)29;;/h3-6,11-12H,7-10,13H2,1-2H3,(H,22,28)(H,24,30);2*1H. The highest BCUT2D eigenvalue weighted by atomic mass is 16.2. The normalized spacial score (nSPS) is 14.8. The maximum Gasteiger partial charge on any atom is 0.328 e. The molecule has 3 aromatic rings. The van der Waals surface area contributed by atoms with Gasteiger partial charge in [0.25, 0.3) is 11.5 Å². The number of nitrogens with zero attached hydrogens (tertiary/aromatic N) is 4. The van der Waals surface area contributed by atoms with E-state index in [1.54, 1.807) is 25.4 Å². The molecule has 4 rings (SSSR count). The molecule has 1 fully saturated rings. The van der Waals surface area contributed by atoms with Crippen LogP contribution in [0.15, 0.2) is 46.1 Å². The lowest BCUT2D eigenvalue weighted by molar-refractivity contribution is 0.0958. The molecular weight excluding hydrogens is 384 g/mol. The van der Waals surface area contributed by atoms with Gasteiger partial charge in [0.2, 0.25) is 0 Å². The fourth-order valence-electron chi connectivity index (χ4n) is 3.71. The molecule has 1 aromatic carbocycles. The van der Waals surface area contributed by atoms with E-state index in [9.17, 15) is 14.4 Å². The molecule has 30 heavy (non-hydrogen) atoms. The van der Waals surface area contributed by atoms with Crippen molar-refractivity contribution < 1.29 is 7.65 Å². The predicted molar refractivity (Wildman–Crippen MR) is 119 cm³/mol. The van der Waals surface area contributed by atoms with Gasteiger partial charge in [-0.05, 0) is 29.8 Å². The van der Waals surface area contributed by atoms with Gasteiger partial charge in [-0.2, -0.15) is 0 Å². The van der Waals surface area contributed by atoms with Crippen LogP contribution in [0, 0.1) is 0 Å². The molecular formula is C21H28N6O3. The summed E-state index contributed by atoms with van der Waals surface area (Å²) in [6, 6.07) is 9.26. The Morgan fingerprint density at radius 2 is 1.93 bits per heavy atom. The Balaban J connectivity index is 0.00000181. The summed E-state index contributed by atoms with van der Waals surface area (Å²) in [4.78, 5) is 47.3. The molecule has 2 N–H and O–H groups in total. The van der Waals surface area contributed by atoms with E-state index in [1.165, 1.54) is 7.05 Å². The summed E-state index contributed by atoms with van der Waals surface area (Å²) in [6.07, 6.45) is 1.74. The smallest absolute Gasteiger partial charge is 0.328 e. The van der Waals surface area contributed by atoms with E-state index in [-0.39, 0.29) is 14.3 Å². The lowest BCUT2D eigenvalue weighted by Gasteiger charge is -2.36. The first kappa shape index (κ1) is 19.8. The number of fused-ring (bicyclic) bond motifs is 1. The van der Waals surface area contributed by atoms with Crippen molar-refractivity contribution in [2.45, 2.75) is 6.54 Å². The number of piperazine rings is 1. The molecule has 0 radical (unpaired) electrons. The Labute approximate surface area is 175 Å². The van der Waals surface area contributed by atoms with E-state index in [2.05, 4.69) is 25.1 Å². The fourth-order valence-corrected chi connectivity index (χ4v) is 3.71. The number of anilines is 1. The Morgan fingerprint density at radius 3 is 2.60 bits per heavy atom. The zero-order valence-electron chi connectivity index (χ0n) is 17.0. The van der Waals surface area contributed by atoms with Crippen molar-refractivity contribution >= 4 is 22.5 Å². The fraction of sp³-hybridized carbons (Fsp3) is 0.333. The van der Waals surface area contributed by atoms with Crippen LogP contribution < -0.4 is 21.5 Å². The van der Waals surface area contributed by atoms with Crippen LogP contribution in [0.25, 0.3) is 10.9 Å². The molecule has 1 aliphatic heterocycles. The zero-order valence-corrected chi connectivity index (χ0v) is 17.0. The van der Waals surface area contributed by atoms with Crippen LogP contribution >= 0.6 is 0 Å². The molecule has 0 aliphatic carbocycles. The third-order valence-corrected chi connectivity index (χ3v) is 5.52. The Kier molecular flexibility index (Phi) is 5.37. The second-order valence-corrected chi connectivity index (χ2v) is 7.42. The van der Waals surface area contributed by atoms with Gasteiger partial charge in [0.05, 0.1) is 22.8 Å². The quantitative estimate of drug-likeness (QED) is 0.657. The number of pyridine rings is 1. The number of hydrogen-bond donors (Lipinski definition) is 2. The number of aromatic amines is 1. The van der Waals surface area contributed by atoms with E-state index < -0.39 is 5.69 Å². The number of H-pyrrole nitrogens is 1. The highest BCUT2D eigenvalue weighted by Crippen LogP contribution is 2.18. The number of carbonyl (C=O) groups is 1. The van der Waals surface area contributed by atoms with E-state index in [0.717, 1.165) is 48.5 Å². The molecule has 1 aliphatic rings. The number of benzene rings is 1. The number of nitrogens with one attached hydrogen (secondary N) is 2. The lowest BCUT2D eigenvalue weighted by Crippen LogP contribution is -2.46. The second kappa shape index (κ2) is 8.11. The van der Waals surface area contributed by atoms with Crippen LogP contribution in [-0.2, 0) is 13.6 Å². The SMILES string of the molecule is CNC(=O)c1ccc(N2CCN(Cc3ccc4c(=O)n(C)c(=O)[nH]c4c3)CC2)cn1.[HH].[HH]. The molecule has 0 unspecified atom stereocenters. The van der Waals surface area contributed by atoms with Gasteiger partial charge in [-0.15, -0.1) is 0 Å². The topological polar surface area (TPSA) is 103 Å². The number of amides is 1. The van der Waals surface area contributed by atoms with Gasteiger partial charge in [-0.1, -0.05) is 6.07 Å². The maximum atomic E-state index is 12.2. The highest BCUT2D eigenvalue weighted by molar-refractivity contribution is 5.92. The van der Waals surface area contributed by atoms with Gasteiger partial charge in [-0.3, -0.25) is 19.1 Å². The Bertz CT molecular complexity index is 1200. The van der Waals surface area contributed by atoms with Crippen molar-refractivity contribution in [1.29, 1.82) is 0 Å². The summed E-state index contributed by atoms with van der Waals surface area (Å²) in [7, 11) is 3.06. The molecule has 1 amide bonds. The molecule has 0 atom stereocenters. The number of carbonyl (C=O) groups excluding carboxylic acids is 1. The van der Waals surface area contributed by atoms with Crippen molar-refractivity contribution in [2.75, 3.05) is 38.1 Å². The predicted octanol–water partition coefficient (Wildman–Crippen LogP) is 0.796. The average molecular weight is 412 g/mol. The molecule has 0 bridgehead atoms. The van der Waals surface area contributed by atoms with Crippen molar-refractivity contribution in [3.63, 3.8) is 0 Å². The van der Waals surface area contributed by atoms with Crippen molar-refractivity contribution in [1.82, 2.24) is 24.8 Å². The summed E-state index contributed by atoms with van der Waals surface area (Å²) < 4.78 is 1.08. The van der Waals surface area contributed by atoms with Crippen molar-refractivity contribution in [3.8, 4) is 0 Å². The largest absolute Gasteiger partial charge is 0.368 e. The van der Waals surface area contributed by atoms with Crippen LogP contribution in [-0.4, -0.2) is 58.6 Å². The van der Waals surface area contributed by atoms with Gasteiger partial charge >= 0.3 is 5.69 Å². The second-order valence-electron chi connectivity index (χ2n) is 7.42. The summed E-state index contributed by atoms with van der Waals surface area (Å²) in [6.45, 7) is 4.21. The van der Waals surface area contributed by atoms with E-state index in [0.29, 0.717) is 16.6 Å². The van der Waals surface area contributed by atoms with E-state index in [1.807, 2.05) is 18.2 Å². The van der Waals surface area contributed by atoms with Gasteiger partial charge in [0, 0.05) is 49.7 Å². The minimum Gasteiger partial charge on any atom is -0.368 e. The Hall–Kier alpha value is -3.46. The number of aromatic nitrogens is 3. The zero-order chi connectivity index (χ0) is 21.3. The molecule has 9 nitrogen and oxygen atoms in total. The number of rotatable bonds is 4. The van der Waals surface area contributed by atoms with E-state index >= 15 is 0 Å². The summed E-state index contributed by atoms with van der Waals surface area (Å²) in [5.74, 6) is -0.194. The van der Waals surface area contributed by atoms with Crippen LogP contribution in [0.2, 0.25) is 0 Å². The molecule has 1 saturated heterocycles. The van der Waals surface area contributed by atoms with Gasteiger partial charge in [0.15, 0.2) is 0 Å². The third-order valence-electron chi connectivity index (χ3n) is 5.52. The first-order chi connectivity index (χ1) is 14.5. The van der Waals surface area contributed by atoms with Gasteiger partial charge < -0.3 is 15.2 Å². The third kappa shape index (κ3) is 3.84. The summed E-state index contributed by atoms with van der Waals surface area (Å²) in [5, 5.41) is 3.08. The highest BCUT2D eigenvalue weighted by Gasteiger charge is 2.18. The Morgan fingerprint density at radius 1 is 1.17 bits per heavy atom. The molecule has 9 heteroatoms. The molecule has 2 aromatic heterocycles. The average Bonchev–Trinajstić information content (AvgIpc) is 2.77. The number of hydrogen-bond acceptors (Lipinski definition) is 6. The molecule has 160 valence electrons. The van der Waals surface area contributed by atoms with Crippen molar-refractivity contribution in [3.05, 3.63) is 68.6 Å². The van der Waals surface area contributed by atoms with Crippen LogP contribution in [0.3, 0.4) is 0 Å². The molecule has 0 spiro atoms. The van der Waals surface area contributed by atoms with Crippen molar-refractivity contribution in [2.24, 2.45) is 7.05 Å². The van der Waals surface area contributed by atoms with Crippen LogP contribution in [0.4, 0.5) is 5.69 Å². The summed E-state index contributed by atoms with van der Waals surface area (Å²) in [5.41, 5.74) is 2.34. The summed E-state index contributed by atoms with van der Waals surface area (Å²) >= 11 is 0. The van der Waals surface area contributed by atoms with Gasteiger partial charge in [-0.25, -0.2) is 9.78 Å². The van der Waals surface area contributed by atoms with Gasteiger partial charge in [0.1, 0.15) is 5.69 Å². The molecule has 0 saturated carbocycles. The van der Waals surface area contributed by atoms with Crippen LogP contribution in [0.5, 0.6) is 0 Å².